The summed E-state index contributed by atoms with van der Waals surface area (Å²) in [4.78, 5) is 3.82. The number of nitrogens with one attached hydrogen (secondary N) is 2. The van der Waals surface area contributed by atoms with Crippen molar-refractivity contribution in [3.63, 3.8) is 0 Å². The summed E-state index contributed by atoms with van der Waals surface area (Å²) in [5, 5.41) is 10.7. The van der Waals surface area contributed by atoms with E-state index in [4.69, 9.17) is 5.41 Å². The van der Waals surface area contributed by atoms with Gasteiger partial charge in [0.25, 0.3) is 0 Å². The second-order valence-corrected chi connectivity index (χ2v) is 2.58. The molecule has 2 N–H and O–H groups in total. The lowest BCUT2D eigenvalue weighted by Crippen LogP contribution is -2.14. The second-order valence-electron chi connectivity index (χ2n) is 2.58. The van der Waals surface area contributed by atoms with Crippen molar-refractivity contribution < 1.29 is 0 Å². The molecule has 0 saturated carbocycles. The Labute approximate surface area is 79.8 Å². The fourth-order valence-corrected chi connectivity index (χ4v) is 0.894. The maximum Gasteiger partial charge on any atom is 0.130 e. The minimum atomic E-state index is 0.464. The minimum absolute atomic E-state index is 0.464. The molecule has 0 unspecified atom stereocenters. The zero-order valence-corrected chi connectivity index (χ0v) is 8.52. The van der Waals surface area contributed by atoms with E-state index >= 15 is 0 Å². The third-order valence-corrected chi connectivity index (χ3v) is 1.59. The fraction of sp³-hybridized carbons (Fsp3) is 0.400. The molecule has 0 saturated heterocycles. The van der Waals surface area contributed by atoms with E-state index in [0.29, 0.717) is 11.5 Å². The van der Waals surface area contributed by atoms with Crippen LogP contribution >= 0.6 is 0 Å². The van der Waals surface area contributed by atoms with Gasteiger partial charge in [-0.25, -0.2) is 4.99 Å². The summed E-state index contributed by atoms with van der Waals surface area (Å²) < 4.78 is 0. The molecule has 0 aromatic carbocycles. The van der Waals surface area contributed by atoms with Gasteiger partial charge in [0.1, 0.15) is 5.82 Å². The molecule has 0 spiro atoms. The Morgan fingerprint density at radius 1 is 1.62 bits per heavy atom. The van der Waals surface area contributed by atoms with Gasteiger partial charge in [-0.15, -0.1) is 0 Å². The topological polar surface area (TPSA) is 48.2 Å². The van der Waals surface area contributed by atoms with Gasteiger partial charge >= 0.3 is 0 Å². The van der Waals surface area contributed by atoms with Crippen molar-refractivity contribution in [2.24, 2.45) is 4.99 Å². The number of nitrogens with zero attached hydrogens (tertiary/aromatic N) is 1. The molecule has 0 aliphatic carbocycles. The lowest BCUT2D eigenvalue weighted by atomic mass is 10.1. The lowest BCUT2D eigenvalue weighted by molar-refractivity contribution is 0.835. The first-order chi connectivity index (χ1) is 6.17. The van der Waals surface area contributed by atoms with Crippen molar-refractivity contribution in [3.05, 3.63) is 23.5 Å². The van der Waals surface area contributed by atoms with Gasteiger partial charge in [0.2, 0.25) is 0 Å². The summed E-state index contributed by atoms with van der Waals surface area (Å²) in [5.41, 5.74) is 1.28. The first kappa shape index (κ1) is 11.6. The Kier molecular flexibility index (Phi) is 5.52. The smallest absolute Gasteiger partial charge is 0.130 e. The van der Waals surface area contributed by atoms with Crippen molar-refractivity contribution in [2.45, 2.75) is 20.8 Å². The molecule has 0 bridgehead atoms. The Balaban J connectivity index is 4.73. The number of aliphatic imine (C=N–C) groups is 1. The van der Waals surface area contributed by atoms with E-state index in [-0.39, 0.29) is 0 Å². The molecule has 0 aliphatic rings. The van der Waals surface area contributed by atoms with E-state index in [1.807, 2.05) is 26.8 Å². The van der Waals surface area contributed by atoms with Gasteiger partial charge in [-0.1, -0.05) is 6.08 Å². The SMILES string of the molecule is C=N/C(NCC)=C(/C)C(=N)/C=C\C. The maximum atomic E-state index is 7.63. The minimum Gasteiger partial charge on any atom is -0.370 e. The van der Waals surface area contributed by atoms with Crippen LogP contribution in [0.15, 0.2) is 28.5 Å². The van der Waals surface area contributed by atoms with Crippen molar-refractivity contribution >= 4 is 12.4 Å². The fourth-order valence-electron chi connectivity index (χ4n) is 0.894. The number of rotatable bonds is 5. The van der Waals surface area contributed by atoms with Crippen LogP contribution in [-0.4, -0.2) is 19.0 Å². The molecule has 0 radical (unpaired) electrons. The number of hydrogen-bond donors (Lipinski definition) is 2. The molecule has 3 nitrogen and oxygen atoms in total. The highest BCUT2D eigenvalue weighted by molar-refractivity contribution is 6.06. The highest BCUT2D eigenvalue weighted by Gasteiger charge is 2.01. The Bertz CT molecular complexity index is 249. The van der Waals surface area contributed by atoms with Crippen LogP contribution in [0.4, 0.5) is 0 Å². The molecular weight excluding hydrogens is 162 g/mol. The van der Waals surface area contributed by atoms with Crippen LogP contribution < -0.4 is 5.32 Å². The summed E-state index contributed by atoms with van der Waals surface area (Å²) in [6, 6.07) is 0. The van der Waals surface area contributed by atoms with Crippen molar-refractivity contribution in [1.29, 1.82) is 5.41 Å². The average Bonchev–Trinajstić information content (AvgIpc) is 2.13. The summed E-state index contributed by atoms with van der Waals surface area (Å²) in [6.07, 6.45) is 3.57. The van der Waals surface area contributed by atoms with Crippen LogP contribution in [0.5, 0.6) is 0 Å². The van der Waals surface area contributed by atoms with E-state index in [1.165, 1.54) is 0 Å². The van der Waals surface area contributed by atoms with Gasteiger partial charge in [0.15, 0.2) is 0 Å². The normalized spacial score (nSPS) is 12.5. The Morgan fingerprint density at radius 3 is 2.62 bits per heavy atom. The first-order valence-electron chi connectivity index (χ1n) is 4.30. The summed E-state index contributed by atoms with van der Waals surface area (Å²) >= 11 is 0. The van der Waals surface area contributed by atoms with Gasteiger partial charge < -0.3 is 10.7 Å². The Hall–Kier alpha value is -1.38. The third-order valence-electron chi connectivity index (χ3n) is 1.59. The van der Waals surface area contributed by atoms with Crippen molar-refractivity contribution in [3.8, 4) is 0 Å². The van der Waals surface area contributed by atoms with Gasteiger partial charge in [-0.2, -0.15) is 0 Å². The second kappa shape index (κ2) is 6.17. The van der Waals surface area contributed by atoms with E-state index < -0.39 is 0 Å². The summed E-state index contributed by atoms with van der Waals surface area (Å²) in [6.45, 7) is 9.96. The average molecular weight is 179 g/mol. The molecule has 3 heteroatoms. The molecule has 0 aromatic rings. The predicted molar refractivity (Wildman–Crippen MR) is 58.5 cm³/mol. The highest BCUT2D eigenvalue weighted by atomic mass is 15.0. The molecule has 0 atom stereocenters. The number of hydrogen-bond acceptors (Lipinski definition) is 3. The van der Waals surface area contributed by atoms with E-state index in [0.717, 1.165) is 12.1 Å². The lowest BCUT2D eigenvalue weighted by Gasteiger charge is -2.07. The molecule has 0 aromatic heterocycles. The molecule has 0 rings (SSSR count). The molecule has 0 heterocycles. The molecule has 72 valence electrons. The first-order valence-corrected chi connectivity index (χ1v) is 4.30. The molecular formula is C10H17N3. The van der Waals surface area contributed by atoms with Crippen LogP contribution in [0.1, 0.15) is 20.8 Å². The van der Waals surface area contributed by atoms with Crippen LogP contribution in [0.2, 0.25) is 0 Å². The monoisotopic (exact) mass is 179 g/mol. The standard InChI is InChI=1S/C10H17N3/c1-5-7-9(11)8(3)10(12-4)13-6-2/h5,7,11,13H,4,6H2,1-3H3/b7-5-,10-8+,11-9?. The third kappa shape index (κ3) is 3.69. The maximum absolute atomic E-state index is 7.63. The summed E-state index contributed by atoms with van der Waals surface area (Å²) in [5.74, 6) is 0.686. The van der Waals surface area contributed by atoms with Crippen molar-refractivity contribution in [2.75, 3.05) is 6.54 Å². The van der Waals surface area contributed by atoms with Crippen LogP contribution in [-0.2, 0) is 0 Å². The molecule has 0 amide bonds. The molecule has 13 heavy (non-hydrogen) atoms. The quantitative estimate of drug-likeness (QED) is 0.624. The van der Waals surface area contributed by atoms with Crippen LogP contribution in [0.3, 0.4) is 0 Å². The van der Waals surface area contributed by atoms with E-state index in [1.54, 1.807) is 6.08 Å². The predicted octanol–water partition coefficient (Wildman–Crippen LogP) is 2.12. The van der Waals surface area contributed by atoms with E-state index in [2.05, 4.69) is 17.0 Å². The summed E-state index contributed by atoms with van der Waals surface area (Å²) in [7, 11) is 0. The largest absolute Gasteiger partial charge is 0.370 e. The zero-order chi connectivity index (χ0) is 10.3. The Morgan fingerprint density at radius 2 is 2.23 bits per heavy atom. The van der Waals surface area contributed by atoms with Crippen LogP contribution in [0, 0.1) is 5.41 Å². The zero-order valence-electron chi connectivity index (χ0n) is 8.52. The van der Waals surface area contributed by atoms with Gasteiger partial charge in [0, 0.05) is 12.1 Å². The van der Waals surface area contributed by atoms with Crippen molar-refractivity contribution in [1.82, 2.24) is 5.32 Å². The van der Waals surface area contributed by atoms with E-state index in [9.17, 15) is 0 Å². The molecule has 0 fully saturated rings. The molecule has 0 aliphatic heterocycles. The van der Waals surface area contributed by atoms with Crippen LogP contribution in [0.25, 0.3) is 0 Å². The highest BCUT2D eigenvalue weighted by Crippen LogP contribution is 2.04. The number of allylic oxidation sites excluding steroid dienone is 3. The van der Waals surface area contributed by atoms with Gasteiger partial charge in [-0.05, 0) is 33.6 Å². The van der Waals surface area contributed by atoms with Gasteiger partial charge in [-0.3, -0.25) is 0 Å². The van der Waals surface area contributed by atoms with Gasteiger partial charge in [0.05, 0.1) is 5.71 Å².